The number of benzene rings is 4. The summed E-state index contributed by atoms with van der Waals surface area (Å²) in [5, 5.41) is 3.24. The van der Waals surface area contributed by atoms with Crippen molar-refractivity contribution >= 4 is 43.5 Å². The van der Waals surface area contributed by atoms with Crippen LogP contribution < -0.4 is 19.1 Å². The fourth-order valence-corrected chi connectivity index (χ4v) is 8.37. The first kappa shape index (κ1) is 36.9. The molecule has 9 nitrogen and oxygen atoms in total. The molecule has 50 heavy (non-hydrogen) atoms. The first-order chi connectivity index (χ1) is 24.1. The minimum absolute atomic E-state index is 0.0150. The van der Waals surface area contributed by atoms with Crippen molar-refractivity contribution in [3.8, 4) is 11.5 Å². The van der Waals surface area contributed by atoms with Gasteiger partial charge in [-0.3, -0.25) is 13.9 Å². The van der Waals surface area contributed by atoms with Crippen molar-refractivity contribution in [2.24, 2.45) is 0 Å². The van der Waals surface area contributed by atoms with E-state index < -0.39 is 28.5 Å². The average Bonchev–Trinajstić information content (AvgIpc) is 3.13. The maximum absolute atomic E-state index is 14.8. The standard InChI is InChI=1S/C39H44BrN3O6S/c1-28-17-19-32(20-18-28)43(50(46,47)34-21-22-37(49-3)35(40)25-34)27-38(44)42(26-30-13-10-16-33(23-30)48-2)36(24-29-11-6-4-7-12-29)39(45)41-31-14-8-5-9-15-31/h4,6-7,10-13,16-23,25,31,36H,5,8-9,14-15,24,26-27H2,1-3H3,(H,41,45)/t36-/m0/s1. The van der Waals surface area contributed by atoms with E-state index in [1.807, 2.05) is 61.5 Å². The van der Waals surface area contributed by atoms with E-state index in [9.17, 15) is 18.0 Å². The van der Waals surface area contributed by atoms with Crippen LogP contribution in [0.2, 0.25) is 0 Å². The number of ether oxygens (including phenoxy) is 2. The van der Waals surface area contributed by atoms with Crippen LogP contribution >= 0.6 is 15.9 Å². The van der Waals surface area contributed by atoms with E-state index in [-0.39, 0.29) is 29.8 Å². The third-order valence-corrected chi connectivity index (χ3v) is 11.4. The molecule has 0 saturated heterocycles. The second kappa shape index (κ2) is 17.0. The zero-order chi connectivity index (χ0) is 35.7. The summed E-state index contributed by atoms with van der Waals surface area (Å²) in [5.41, 5.74) is 2.88. The number of nitrogens with zero attached hydrogens (tertiary/aromatic N) is 2. The summed E-state index contributed by atoms with van der Waals surface area (Å²) in [6.45, 7) is 1.42. The number of rotatable bonds is 14. The van der Waals surface area contributed by atoms with Gasteiger partial charge in [-0.15, -0.1) is 0 Å². The summed E-state index contributed by atoms with van der Waals surface area (Å²) in [6, 6.07) is 27.4. The van der Waals surface area contributed by atoms with Crippen molar-refractivity contribution < 1.29 is 27.5 Å². The quantitative estimate of drug-likeness (QED) is 0.148. The first-order valence-electron chi connectivity index (χ1n) is 16.8. The maximum atomic E-state index is 14.8. The lowest BCUT2D eigenvalue weighted by molar-refractivity contribution is -0.140. The summed E-state index contributed by atoms with van der Waals surface area (Å²) in [6.07, 6.45) is 5.21. The van der Waals surface area contributed by atoms with E-state index in [0.717, 1.165) is 53.1 Å². The van der Waals surface area contributed by atoms with Gasteiger partial charge in [0.25, 0.3) is 10.0 Å². The molecule has 2 amide bonds. The van der Waals surface area contributed by atoms with Gasteiger partial charge in [-0.25, -0.2) is 8.42 Å². The molecule has 0 unspecified atom stereocenters. The SMILES string of the molecule is COc1cccc(CN(C(=O)CN(c2ccc(C)cc2)S(=O)(=O)c2ccc(OC)c(Br)c2)[C@@H](Cc2ccccc2)C(=O)NC2CCCCC2)c1. The minimum Gasteiger partial charge on any atom is -0.497 e. The van der Waals surface area contributed by atoms with E-state index in [4.69, 9.17) is 9.47 Å². The largest absolute Gasteiger partial charge is 0.497 e. The van der Waals surface area contributed by atoms with E-state index in [0.29, 0.717) is 21.7 Å². The molecule has 11 heteroatoms. The fourth-order valence-electron chi connectivity index (χ4n) is 6.24. The number of methoxy groups -OCH3 is 2. The molecule has 0 aromatic heterocycles. The van der Waals surface area contributed by atoms with Gasteiger partial charge < -0.3 is 19.7 Å². The van der Waals surface area contributed by atoms with Crippen LogP contribution in [-0.4, -0.2) is 58.0 Å². The van der Waals surface area contributed by atoms with Gasteiger partial charge in [-0.2, -0.15) is 0 Å². The van der Waals surface area contributed by atoms with Gasteiger partial charge in [0, 0.05) is 19.0 Å². The van der Waals surface area contributed by atoms with Crippen LogP contribution in [0.25, 0.3) is 0 Å². The van der Waals surface area contributed by atoms with Crippen LogP contribution in [0, 0.1) is 6.92 Å². The van der Waals surface area contributed by atoms with Gasteiger partial charge in [-0.1, -0.05) is 79.4 Å². The van der Waals surface area contributed by atoms with Gasteiger partial charge in [0.2, 0.25) is 11.8 Å². The Labute approximate surface area is 303 Å². The van der Waals surface area contributed by atoms with Gasteiger partial charge in [0.05, 0.1) is 29.3 Å². The Hall–Kier alpha value is -4.35. The smallest absolute Gasteiger partial charge is 0.264 e. The second-order valence-electron chi connectivity index (χ2n) is 12.6. The van der Waals surface area contributed by atoms with Crippen molar-refractivity contribution in [2.75, 3.05) is 25.1 Å². The Balaban J connectivity index is 1.58. The molecular formula is C39H44BrN3O6S. The number of halogens is 1. The molecule has 0 bridgehead atoms. The van der Waals surface area contributed by atoms with Crippen LogP contribution in [-0.2, 0) is 32.6 Å². The molecule has 4 aromatic rings. The van der Waals surface area contributed by atoms with Crippen LogP contribution in [0.1, 0.15) is 48.8 Å². The molecule has 0 radical (unpaired) electrons. The summed E-state index contributed by atoms with van der Waals surface area (Å²) >= 11 is 3.41. The average molecular weight is 763 g/mol. The summed E-state index contributed by atoms with van der Waals surface area (Å²) in [7, 11) is -1.21. The molecule has 4 aromatic carbocycles. The molecule has 1 atom stereocenters. The predicted octanol–water partition coefficient (Wildman–Crippen LogP) is 7.06. The summed E-state index contributed by atoms with van der Waals surface area (Å²) in [5.74, 6) is 0.291. The zero-order valence-electron chi connectivity index (χ0n) is 28.7. The van der Waals surface area contributed by atoms with Gasteiger partial charge in [0.1, 0.15) is 24.1 Å². The van der Waals surface area contributed by atoms with Crippen LogP contribution in [0.15, 0.2) is 106 Å². The van der Waals surface area contributed by atoms with Gasteiger partial charge in [0.15, 0.2) is 0 Å². The highest BCUT2D eigenvalue weighted by molar-refractivity contribution is 9.10. The van der Waals surface area contributed by atoms with E-state index in [1.54, 1.807) is 37.4 Å². The second-order valence-corrected chi connectivity index (χ2v) is 15.3. The summed E-state index contributed by atoms with van der Waals surface area (Å²) < 4.78 is 41.2. The van der Waals surface area contributed by atoms with Crippen LogP contribution in [0.3, 0.4) is 0 Å². The number of anilines is 1. The topological polar surface area (TPSA) is 105 Å². The Morgan fingerprint density at radius 1 is 0.860 bits per heavy atom. The zero-order valence-corrected chi connectivity index (χ0v) is 31.1. The normalized spacial score (nSPS) is 14.0. The highest BCUT2D eigenvalue weighted by Crippen LogP contribution is 2.31. The monoisotopic (exact) mass is 761 g/mol. The molecular weight excluding hydrogens is 718 g/mol. The first-order valence-corrected chi connectivity index (χ1v) is 19.0. The van der Waals surface area contributed by atoms with Crippen molar-refractivity contribution in [3.63, 3.8) is 0 Å². The molecule has 1 saturated carbocycles. The van der Waals surface area contributed by atoms with E-state index in [2.05, 4.69) is 21.2 Å². The Morgan fingerprint density at radius 3 is 2.22 bits per heavy atom. The number of carbonyl (C=O) groups is 2. The molecule has 5 rings (SSSR count). The van der Waals surface area contributed by atoms with Crippen molar-refractivity contribution in [3.05, 3.63) is 118 Å². The molecule has 0 spiro atoms. The number of aryl methyl sites for hydroxylation is 1. The highest BCUT2D eigenvalue weighted by Gasteiger charge is 2.35. The predicted molar refractivity (Wildman–Crippen MR) is 199 cm³/mol. The molecule has 0 heterocycles. The number of hydrogen-bond acceptors (Lipinski definition) is 6. The van der Waals surface area contributed by atoms with Crippen molar-refractivity contribution in [2.45, 2.75) is 69.0 Å². The molecule has 264 valence electrons. The van der Waals surface area contributed by atoms with Crippen molar-refractivity contribution in [1.29, 1.82) is 0 Å². The number of amides is 2. The molecule has 1 aliphatic carbocycles. The molecule has 1 aliphatic rings. The Bertz CT molecular complexity index is 1860. The van der Waals surface area contributed by atoms with Gasteiger partial charge >= 0.3 is 0 Å². The lowest BCUT2D eigenvalue weighted by Gasteiger charge is -2.35. The Kier molecular flexibility index (Phi) is 12.6. The maximum Gasteiger partial charge on any atom is 0.264 e. The van der Waals surface area contributed by atoms with E-state index >= 15 is 0 Å². The lowest BCUT2D eigenvalue weighted by Crippen LogP contribution is -2.55. The number of hydrogen-bond donors (Lipinski definition) is 1. The van der Waals surface area contributed by atoms with Gasteiger partial charge in [-0.05, 0) is 89.3 Å². The summed E-state index contributed by atoms with van der Waals surface area (Å²) in [4.78, 5) is 30.6. The third kappa shape index (κ3) is 9.25. The molecule has 1 N–H and O–H groups in total. The third-order valence-electron chi connectivity index (χ3n) is 9.02. The minimum atomic E-state index is -4.27. The number of carbonyl (C=O) groups excluding carboxylic acids is 2. The van der Waals surface area contributed by atoms with Crippen LogP contribution in [0.4, 0.5) is 5.69 Å². The number of nitrogens with one attached hydrogen (secondary N) is 1. The lowest BCUT2D eigenvalue weighted by atomic mass is 9.94. The Morgan fingerprint density at radius 2 is 1.56 bits per heavy atom. The van der Waals surface area contributed by atoms with E-state index in [1.165, 1.54) is 24.1 Å². The molecule has 1 fully saturated rings. The highest BCUT2D eigenvalue weighted by atomic mass is 79.9. The van der Waals surface area contributed by atoms with Crippen LogP contribution in [0.5, 0.6) is 11.5 Å². The fraction of sp³-hybridized carbons (Fsp3) is 0.333. The number of sulfonamides is 1. The van der Waals surface area contributed by atoms with Crippen molar-refractivity contribution in [1.82, 2.24) is 10.2 Å². The molecule has 0 aliphatic heterocycles.